The Morgan fingerprint density at radius 2 is 1.52 bits per heavy atom. The molecule has 0 radical (unpaired) electrons. The van der Waals surface area contributed by atoms with Gasteiger partial charge in [0.25, 0.3) is 0 Å². The van der Waals surface area contributed by atoms with Crippen LogP contribution in [0, 0.1) is 11.8 Å². The van der Waals surface area contributed by atoms with Crippen LogP contribution < -0.4 is 10.6 Å². The molecule has 6 heteroatoms. The minimum absolute atomic E-state index is 0.0883. The standard InChI is InChI=1S/C19H18Cl2N2O2/c1-11-16(10-22-18(11)24)19(25)23-17(12-2-6-14(20)7-3-12)13-4-8-15(21)9-5-13/h2-9,11,16-17H,10H2,1H3,(H,22,24)(H,23,25)/t11-,16+/m1/s1. The lowest BCUT2D eigenvalue weighted by Gasteiger charge is -2.23. The van der Waals surface area contributed by atoms with Gasteiger partial charge in [0, 0.05) is 22.5 Å². The van der Waals surface area contributed by atoms with E-state index >= 15 is 0 Å². The Labute approximate surface area is 156 Å². The van der Waals surface area contributed by atoms with Gasteiger partial charge in [0.15, 0.2) is 0 Å². The second-order valence-corrected chi connectivity index (χ2v) is 7.06. The van der Waals surface area contributed by atoms with E-state index in [0.29, 0.717) is 16.6 Å². The summed E-state index contributed by atoms with van der Waals surface area (Å²) in [4.78, 5) is 24.4. The molecular weight excluding hydrogens is 359 g/mol. The Kier molecular flexibility index (Phi) is 5.30. The van der Waals surface area contributed by atoms with Crippen molar-refractivity contribution in [3.05, 3.63) is 69.7 Å². The molecule has 3 rings (SSSR count). The Balaban J connectivity index is 1.88. The van der Waals surface area contributed by atoms with Gasteiger partial charge in [-0.05, 0) is 35.4 Å². The molecule has 25 heavy (non-hydrogen) atoms. The molecule has 2 N–H and O–H groups in total. The second-order valence-electron chi connectivity index (χ2n) is 6.19. The number of halogens is 2. The normalized spacial score (nSPS) is 19.8. The molecule has 1 heterocycles. The molecular formula is C19H18Cl2N2O2. The predicted molar refractivity (Wildman–Crippen MR) is 98.6 cm³/mol. The fraction of sp³-hybridized carbons (Fsp3) is 0.263. The van der Waals surface area contributed by atoms with E-state index in [1.807, 2.05) is 24.3 Å². The van der Waals surface area contributed by atoms with E-state index in [4.69, 9.17) is 23.2 Å². The Bertz CT molecular complexity index is 730. The number of nitrogens with one attached hydrogen (secondary N) is 2. The van der Waals surface area contributed by atoms with Crippen molar-refractivity contribution in [2.24, 2.45) is 11.8 Å². The Morgan fingerprint density at radius 3 is 1.92 bits per heavy atom. The number of rotatable bonds is 4. The summed E-state index contributed by atoms with van der Waals surface area (Å²) in [5.41, 5.74) is 1.81. The van der Waals surface area contributed by atoms with Crippen LogP contribution in [-0.2, 0) is 9.59 Å². The third kappa shape index (κ3) is 3.97. The molecule has 2 aromatic rings. The highest BCUT2D eigenvalue weighted by molar-refractivity contribution is 6.30. The van der Waals surface area contributed by atoms with E-state index in [1.165, 1.54) is 0 Å². The second kappa shape index (κ2) is 7.46. The zero-order chi connectivity index (χ0) is 18.0. The minimum atomic E-state index is -0.380. The van der Waals surface area contributed by atoms with Crippen LogP contribution in [-0.4, -0.2) is 18.4 Å². The molecule has 130 valence electrons. The maximum Gasteiger partial charge on any atom is 0.226 e. The summed E-state index contributed by atoms with van der Waals surface area (Å²) in [5.74, 6) is -0.957. The van der Waals surface area contributed by atoms with Crippen LogP contribution in [0.1, 0.15) is 24.1 Å². The molecule has 0 bridgehead atoms. The van der Waals surface area contributed by atoms with Crippen LogP contribution in [0.2, 0.25) is 10.0 Å². The molecule has 0 unspecified atom stereocenters. The summed E-state index contributed by atoms with van der Waals surface area (Å²) in [5, 5.41) is 7.06. The van der Waals surface area contributed by atoms with Crippen molar-refractivity contribution >= 4 is 35.0 Å². The van der Waals surface area contributed by atoms with E-state index in [0.717, 1.165) is 11.1 Å². The predicted octanol–water partition coefficient (Wildman–Crippen LogP) is 3.58. The summed E-state index contributed by atoms with van der Waals surface area (Å²) < 4.78 is 0. The van der Waals surface area contributed by atoms with Gasteiger partial charge in [0.05, 0.1) is 12.0 Å². The molecule has 0 saturated carbocycles. The van der Waals surface area contributed by atoms with Gasteiger partial charge in [-0.25, -0.2) is 0 Å². The first-order chi connectivity index (χ1) is 12.0. The SMILES string of the molecule is C[C@H]1C(=O)NC[C@@H]1C(=O)NC(c1ccc(Cl)cc1)c1ccc(Cl)cc1. The average Bonchev–Trinajstić information content (AvgIpc) is 2.94. The van der Waals surface area contributed by atoms with Gasteiger partial charge >= 0.3 is 0 Å². The van der Waals surface area contributed by atoms with Crippen LogP contribution in [0.3, 0.4) is 0 Å². The highest BCUT2D eigenvalue weighted by atomic mass is 35.5. The fourth-order valence-electron chi connectivity index (χ4n) is 2.97. The van der Waals surface area contributed by atoms with Crippen LogP contribution >= 0.6 is 23.2 Å². The van der Waals surface area contributed by atoms with Gasteiger partial charge in [-0.3, -0.25) is 9.59 Å². The number of hydrogen-bond acceptors (Lipinski definition) is 2. The van der Waals surface area contributed by atoms with Crippen LogP contribution in [0.15, 0.2) is 48.5 Å². The minimum Gasteiger partial charge on any atom is -0.355 e. The van der Waals surface area contributed by atoms with Gasteiger partial charge in [-0.15, -0.1) is 0 Å². The lowest BCUT2D eigenvalue weighted by molar-refractivity contribution is -0.129. The number of amides is 2. The first kappa shape index (κ1) is 17.8. The number of carbonyl (C=O) groups excluding carboxylic acids is 2. The Hall–Kier alpha value is -2.04. The number of benzene rings is 2. The largest absolute Gasteiger partial charge is 0.355 e. The maximum atomic E-state index is 12.7. The van der Waals surface area contributed by atoms with Crippen molar-refractivity contribution in [3.8, 4) is 0 Å². The van der Waals surface area contributed by atoms with Crippen molar-refractivity contribution < 1.29 is 9.59 Å². The van der Waals surface area contributed by atoms with E-state index in [9.17, 15) is 9.59 Å². The first-order valence-corrected chi connectivity index (χ1v) is 8.80. The number of carbonyl (C=O) groups is 2. The zero-order valence-electron chi connectivity index (χ0n) is 13.6. The van der Waals surface area contributed by atoms with E-state index in [2.05, 4.69) is 10.6 Å². The number of hydrogen-bond donors (Lipinski definition) is 2. The van der Waals surface area contributed by atoms with Crippen molar-refractivity contribution in [2.45, 2.75) is 13.0 Å². The summed E-state index contributed by atoms with van der Waals surface area (Å²) in [6.07, 6.45) is 0. The molecule has 1 aliphatic rings. The highest BCUT2D eigenvalue weighted by Gasteiger charge is 2.36. The summed E-state index contributed by atoms with van der Waals surface area (Å²) in [6, 6.07) is 14.3. The first-order valence-electron chi connectivity index (χ1n) is 8.04. The molecule has 0 aliphatic carbocycles. The van der Waals surface area contributed by atoms with Crippen LogP contribution in [0.25, 0.3) is 0 Å². The van der Waals surface area contributed by atoms with Crippen LogP contribution in [0.5, 0.6) is 0 Å². The lowest BCUT2D eigenvalue weighted by atomic mass is 9.94. The molecule has 0 spiro atoms. The molecule has 0 aromatic heterocycles. The summed E-state index contributed by atoms with van der Waals surface area (Å²) in [6.45, 7) is 2.13. The summed E-state index contributed by atoms with van der Waals surface area (Å²) in [7, 11) is 0. The van der Waals surface area contributed by atoms with Gasteiger partial charge in [-0.2, -0.15) is 0 Å². The van der Waals surface area contributed by atoms with Gasteiger partial charge < -0.3 is 10.6 Å². The van der Waals surface area contributed by atoms with E-state index in [-0.39, 0.29) is 29.7 Å². The van der Waals surface area contributed by atoms with Crippen LogP contribution in [0.4, 0.5) is 0 Å². The van der Waals surface area contributed by atoms with Gasteiger partial charge in [0.1, 0.15) is 0 Å². The molecule has 2 amide bonds. The van der Waals surface area contributed by atoms with E-state index < -0.39 is 0 Å². The monoisotopic (exact) mass is 376 g/mol. The smallest absolute Gasteiger partial charge is 0.226 e. The lowest BCUT2D eigenvalue weighted by Crippen LogP contribution is -2.37. The van der Waals surface area contributed by atoms with Crippen molar-refractivity contribution in [1.82, 2.24) is 10.6 Å². The fourth-order valence-corrected chi connectivity index (χ4v) is 3.22. The molecule has 1 saturated heterocycles. The van der Waals surface area contributed by atoms with Crippen molar-refractivity contribution in [2.75, 3.05) is 6.54 Å². The quantitative estimate of drug-likeness (QED) is 0.856. The highest BCUT2D eigenvalue weighted by Crippen LogP contribution is 2.26. The third-order valence-corrected chi connectivity index (χ3v) is 5.05. The van der Waals surface area contributed by atoms with Gasteiger partial charge in [-0.1, -0.05) is 54.4 Å². The maximum absolute atomic E-state index is 12.7. The summed E-state index contributed by atoms with van der Waals surface area (Å²) >= 11 is 12.0. The molecule has 2 atom stereocenters. The third-order valence-electron chi connectivity index (χ3n) is 4.54. The average molecular weight is 377 g/mol. The zero-order valence-corrected chi connectivity index (χ0v) is 15.1. The molecule has 2 aromatic carbocycles. The van der Waals surface area contributed by atoms with Crippen molar-refractivity contribution in [1.29, 1.82) is 0 Å². The van der Waals surface area contributed by atoms with E-state index in [1.54, 1.807) is 31.2 Å². The Morgan fingerprint density at radius 1 is 1.04 bits per heavy atom. The molecule has 1 fully saturated rings. The molecule has 1 aliphatic heterocycles. The topological polar surface area (TPSA) is 58.2 Å². The molecule has 4 nitrogen and oxygen atoms in total. The van der Waals surface area contributed by atoms with Gasteiger partial charge in [0.2, 0.25) is 11.8 Å². The van der Waals surface area contributed by atoms with Crippen molar-refractivity contribution in [3.63, 3.8) is 0 Å².